The Bertz CT molecular complexity index is 727. The van der Waals surface area contributed by atoms with Crippen LogP contribution in [0.3, 0.4) is 0 Å². The van der Waals surface area contributed by atoms with E-state index in [1.54, 1.807) is 25.3 Å². The van der Waals surface area contributed by atoms with E-state index in [9.17, 15) is 4.79 Å². The van der Waals surface area contributed by atoms with Crippen molar-refractivity contribution in [1.82, 2.24) is 0 Å². The van der Waals surface area contributed by atoms with Crippen LogP contribution in [0.5, 0.6) is 5.75 Å². The molecule has 0 fully saturated rings. The molecule has 1 aliphatic heterocycles. The average Bonchev–Trinajstić information content (AvgIpc) is 2.69. The predicted octanol–water partition coefficient (Wildman–Crippen LogP) is 3.86. The van der Waals surface area contributed by atoms with Crippen LogP contribution in [0.4, 0.5) is 0 Å². The van der Waals surface area contributed by atoms with E-state index in [2.05, 4.69) is 15.9 Å². The number of carbonyl (C=O) groups excluding carboxylic acids is 1. The minimum Gasteiger partial charge on any atom is -0.488 e. The summed E-state index contributed by atoms with van der Waals surface area (Å²) in [6, 6.07) is 11.3. The molecule has 0 saturated carbocycles. The summed E-state index contributed by atoms with van der Waals surface area (Å²) in [5.74, 6) is 0.336. The van der Waals surface area contributed by atoms with E-state index in [1.165, 1.54) is 7.11 Å². The molecule has 1 heterocycles. The fourth-order valence-corrected chi connectivity index (χ4v) is 3.03. The van der Waals surface area contributed by atoms with Crippen LogP contribution in [0.2, 0.25) is 0 Å². The molecule has 1 aliphatic rings. The summed E-state index contributed by atoms with van der Waals surface area (Å²) >= 11 is 3.49. The topological polar surface area (TPSA) is 44.8 Å². The number of esters is 1. The fraction of sp³-hybridized carbons (Fsp3) is 0.235. The molecule has 0 radical (unpaired) electrons. The van der Waals surface area contributed by atoms with Gasteiger partial charge in [0.15, 0.2) is 0 Å². The molecule has 3 rings (SSSR count). The zero-order valence-electron chi connectivity index (χ0n) is 12.3. The van der Waals surface area contributed by atoms with Crippen LogP contribution < -0.4 is 4.74 Å². The van der Waals surface area contributed by atoms with Crippen molar-refractivity contribution < 1.29 is 19.0 Å². The predicted molar refractivity (Wildman–Crippen MR) is 85.1 cm³/mol. The maximum Gasteiger partial charge on any atom is 0.337 e. The molecular formula is C17H15BrO4. The van der Waals surface area contributed by atoms with Crippen molar-refractivity contribution in [2.45, 2.75) is 12.7 Å². The van der Waals surface area contributed by atoms with Gasteiger partial charge in [-0.3, -0.25) is 0 Å². The van der Waals surface area contributed by atoms with Gasteiger partial charge in [0.05, 0.1) is 12.7 Å². The molecule has 22 heavy (non-hydrogen) atoms. The van der Waals surface area contributed by atoms with Crippen molar-refractivity contribution in [3.63, 3.8) is 0 Å². The van der Waals surface area contributed by atoms with Gasteiger partial charge in [-0.1, -0.05) is 22.0 Å². The highest BCUT2D eigenvalue weighted by Crippen LogP contribution is 2.39. The number of hydrogen-bond donors (Lipinski definition) is 0. The molecule has 0 aromatic heterocycles. The van der Waals surface area contributed by atoms with Crippen LogP contribution in [-0.2, 0) is 16.1 Å². The number of benzene rings is 2. The van der Waals surface area contributed by atoms with Crippen LogP contribution in [0.15, 0.2) is 40.9 Å². The summed E-state index contributed by atoms with van der Waals surface area (Å²) < 4.78 is 17.3. The fourth-order valence-electron chi connectivity index (χ4n) is 2.65. The second kappa shape index (κ2) is 6.10. The Morgan fingerprint density at radius 1 is 1.18 bits per heavy atom. The molecule has 0 amide bonds. The number of ether oxygens (including phenoxy) is 3. The molecule has 2 aromatic carbocycles. The van der Waals surface area contributed by atoms with E-state index in [-0.39, 0.29) is 12.1 Å². The Morgan fingerprint density at radius 2 is 2.00 bits per heavy atom. The molecule has 4 nitrogen and oxygen atoms in total. The van der Waals surface area contributed by atoms with Crippen LogP contribution in [0, 0.1) is 0 Å². The molecule has 0 N–H and O–H groups in total. The highest BCUT2D eigenvalue weighted by molar-refractivity contribution is 9.10. The Hall–Kier alpha value is -1.85. The van der Waals surface area contributed by atoms with E-state index in [0.717, 1.165) is 21.2 Å². The summed E-state index contributed by atoms with van der Waals surface area (Å²) in [6.07, 6.45) is -0.297. The number of hydrogen-bond acceptors (Lipinski definition) is 4. The van der Waals surface area contributed by atoms with Gasteiger partial charge in [-0.15, -0.1) is 0 Å². The first-order valence-electron chi connectivity index (χ1n) is 6.80. The quantitative estimate of drug-likeness (QED) is 0.760. The summed E-state index contributed by atoms with van der Waals surface area (Å²) in [6.45, 7) is 0.465. The zero-order chi connectivity index (χ0) is 15.7. The van der Waals surface area contributed by atoms with Crippen LogP contribution in [-0.4, -0.2) is 20.2 Å². The van der Waals surface area contributed by atoms with Crippen molar-refractivity contribution in [2.75, 3.05) is 14.2 Å². The Balaban J connectivity index is 2.15. The third-order valence-electron chi connectivity index (χ3n) is 3.72. The summed E-state index contributed by atoms with van der Waals surface area (Å²) in [4.78, 5) is 11.8. The highest BCUT2D eigenvalue weighted by Gasteiger charge is 2.26. The standard InChI is InChI=1S/C17H15BrO4/c1-20-16-13-8-12(18)5-3-11(13)9-22-15-6-4-10(7-14(15)16)17(19)21-2/h3-8,16H,9H2,1-2H3. The SMILES string of the molecule is COC(=O)c1ccc2c(c1)C(OC)c1cc(Br)ccc1CO2. The van der Waals surface area contributed by atoms with Crippen molar-refractivity contribution >= 4 is 21.9 Å². The largest absolute Gasteiger partial charge is 0.488 e. The maximum absolute atomic E-state index is 11.8. The first kappa shape index (κ1) is 15.1. The first-order chi connectivity index (χ1) is 10.6. The molecule has 0 bridgehead atoms. The van der Waals surface area contributed by atoms with E-state index >= 15 is 0 Å². The second-order valence-electron chi connectivity index (χ2n) is 4.99. The summed E-state index contributed by atoms with van der Waals surface area (Å²) in [5.41, 5.74) is 3.39. The van der Waals surface area contributed by atoms with Crippen molar-refractivity contribution in [3.8, 4) is 5.75 Å². The van der Waals surface area contributed by atoms with Gasteiger partial charge >= 0.3 is 5.97 Å². The molecule has 0 aliphatic carbocycles. The van der Waals surface area contributed by atoms with Gasteiger partial charge in [-0.25, -0.2) is 4.79 Å². The Labute approximate surface area is 137 Å². The van der Waals surface area contributed by atoms with Gasteiger partial charge in [0.2, 0.25) is 0 Å². The van der Waals surface area contributed by atoms with Crippen LogP contribution in [0.1, 0.15) is 33.2 Å². The average molecular weight is 363 g/mol. The third kappa shape index (κ3) is 2.62. The van der Waals surface area contributed by atoms with E-state index in [1.807, 2.05) is 18.2 Å². The lowest BCUT2D eigenvalue weighted by atomic mass is 9.96. The molecule has 0 spiro atoms. The monoisotopic (exact) mass is 362 g/mol. The van der Waals surface area contributed by atoms with Crippen LogP contribution >= 0.6 is 15.9 Å². The van der Waals surface area contributed by atoms with Gasteiger partial charge in [0.25, 0.3) is 0 Å². The molecule has 2 aromatic rings. The molecule has 1 atom stereocenters. The smallest absolute Gasteiger partial charge is 0.337 e. The lowest BCUT2D eigenvalue weighted by Gasteiger charge is -2.18. The van der Waals surface area contributed by atoms with Crippen molar-refractivity contribution in [1.29, 1.82) is 0 Å². The number of rotatable bonds is 2. The second-order valence-corrected chi connectivity index (χ2v) is 5.91. The van der Waals surface area contributed by atoms with Gasteiger partial charge in [0.1, 0.15) is 18.5 Å². The van der Waals surface area contributed by atoms with Crippen molar-refractivity contribution in [3.05, 3.63) is 63.1 Å². The zero-order valence-corrected chi connectivity index (χ0v) is 13.8. The van der Waals surface area contributed by atoms with Crippen LogP contribution in [0.25, 0.3) is 0 Å². The van der Waals surface area contributed by atoms with E-state index < -0.39 is 0 Å². The normalized spacial score (nSPS) is 16.0. The summed E-state index contributed by atoms with van der Waals surface area (Å²) in [7, 11) is 3.01. The molecular weight excluding hydrogens is 348 g/mol. The van der Waals surface area contributed by atoms with Gasteiger partial charge in [-0.05, 0) is 41.5 Å². The number of halogens is 1. The van der Waals surface area contributed by atoms with Crippen molar-refractivity contribution in [2.24, 2.45) is 0 Å². The first-order valence-corrected chi connectivity index (χ1v) is 7.59. The van der Waals surface area contributed by atoms with Gasteiger partial charge in [-0.2, -0.15) is 0 Å². The number of methoxy groups -OCH3 is 2. The lowest BCUT2D eigenvalue weighted by molar-refractivity contribution is 0.0600. The van der Waals surface area contributed by atoms with E-state index in [4.69, 9.17) is 14.2 Å². The number of fused-ring (bicyclic) bond motifs is 2. The molecule has 5 heteroatoms. The Kier molecular flexibility index (Phi) is 4.18. The third-order valence-corrected chi connectivity index (χ3v) is 4.22. The van der Waals surface area contributed by atoms with Gasteiger partial charge < -0.3 is 14.2 Å². The summed E-state index contributed by atoms with van der Waals surface area (Å²) in [5, 5.41) is 0. The number of carbonyl (C=O) groups is 1. The van der Waals surface area contributed by atoms with Gasteiger partial charge in [0, 0.05) is 17.1 Å². The minimum atomic E-state index is -0.378. The Morgan fingerprint density at radius 3 is 2.73 bits per heavy atom. The molecule has 1 unspecified atom stereocenters. The maximum atomic E-state index is 11.8. The van der Waals surface area contributed by atoms with E-state index in [0.29, 0.717) is 17.9 Å². The molecule has 114 valence electrons. The minimum absolute atomic E-state index is 0.297. The lowest BCUT2D eigenvalue weighted by Crippen LogP contribution is -2.07. The highest BCUT2D eigenvalue weighted by atomic mass is 79.9. The molecule has 0 saturated heterocycles.